The minimum atomic E-state index is -2.65. The number of benzene rings is 2. The van der Waals surface area contributed by atoms with E-state index in [9.17, 15) is 0 Å². The van der Waals surface area contributed by atoms with Crippen LogP contribution < -0.4 is 10.4 Å². The molecule has 1 aromatic heterocycles. The topological polar surface area (TPSA) is 99.6 Å². The molecule has 51 heavy (non-hydrogen) atoms. The van der Waals surface area contributed by atoms with Gasteiger partial charge in [0.25, 0.3) is 8.32 Å². The summed E-state index contributed by atoms with van der Waals surface area (Å²) < 4.78 is 45.8. The van der Waals surface area contributed by atoms with Gasteiger partial charge in [-0.3, -0.25) is 0 Å². The average molecular weight is 725 g/mol. The van der Waals surface area contributed by atoms with Gasteiger partial charge in [0.1, 0.15) is 5.82 Å². The molecule has 2 aromatic carbocycles. The van der Waals surface area contributed by atoms with E-state index >= 15 is 0 Å². The van der Waals surface area contributed by atoms with Crippen LogP contribution in [0.4, 0.5) is 0 Å². The lowest BCUT2D eigenvalue weighted by Crippen LogP contribution is -2.66. The summed E-state index contributed by atoms with van der Waals surface area (Å²) >= 11 is 0. The van der Waals surface area contributed by atoms with Crippen LogP contribution in [-0.2, 0) is 44.2 Å². The van der Waals surface area contributed by atoms with Crippen molar-refractivity contribution in [3.8, 4) is 0 Å². The third-order valence-electron chi connectivity index (χ3n) is 9.13. The van der Waals surface area contributed by atoms with Gasteiger partial charge < -0.3 is 37.6 Å². The molecule has 0 atom stereocenters. The van der Waals surface area contributed by atoms with Gasteiger partial charge in [-0.1, -0.05) is 81.4 Å². The first kappa shape index (κ1) is 41.2. The van der Waals surface area contributed by atoms with Crippen LogP contribution in [0.1, 0.15) is 63.9 Å². The quantitative estimate of drug-likeness (QED) is 0.0843. The number of aromatic nitrogens is 2. The van der Waals surface area contributed by atoms with Crippen molar-refractivity contribution < 1.29 is 37.6 Å². The van der Waals surface area contributed by atoms with Crippen LogP contribution in [0.25, 0.3) is 0 Å². The van der Waals surface area contributed by atoms with E-state index in [1.165, 1.54) is 10.4 Å². The second-order valence-corrected chi connectivity index (χ2v) is 18.1. The Morgan fingerprint density at radius 2 is 1.08 bits per heavy atom. The van der Waals surface area contributed by atoms with Gasteiger partial charge in [-0.25, -0.2) is 9.97 Å². The first-order chi connectivity index (χ1) is 24.9. The van der Waals surface area contributed by atoms with Crippen molar-refractivity contribution in [2.75, 3.05) is 86.4 Å². The SMILES string of the molecule is COCCOCCOCCOCCOCCOCCOC1CCC(c2nccc(CO[Si](c3ccccc3)(c3ccccc3)C(C)(C)C)n2)CC1. The zero-order valence-corrected chi connectivity index (χ0v) is 32.3. The third kappa shape index (κ3) is 13.7. The maximum atomic E-state index is 7.13. The summed E-state index contributed by atoms with van der Waals surface area (Å²) in [5, 5.41) is 2.45. The van der Waals surface area contributed by atoms with Crippen LogP contribution in [-0.4, -0.2) is 111 Å². The van der Waals surface area contributed by atoms with E-state index in [1.54, 1.807) is 7.11 Å². The lowest BCUT2D eigenvalue weighted by atomic mass is 9.87. The van der Waals surface area contributed by atoms with Gasteiger partial charge in [-0.15, -0.1) is 0 Å². The average Bonchev–Trinajstić information content (AvgIpc) is 3.15. The van der Waals surface area contributed by atoms with Crippen molar-refractivity contribution in [2.45, 2.75) is 70.1 Å². The van der Waals surface area contributed by atoms with E-state index in [4.69, 9.17) is 47.6 Å². The Hall–Kier alpha value is -2.58. The molecular weight excluding hydrogens is 665 g/mol. The Balaban J connectivity index is 1.10. The van der Waals surface area contributed by atoms with Crippen molar-refractivity contribution in [3.63, 3.8) is 0 Å². The molecule has 0 aliphatic heterocycles. The monoisotopic (exact) mass is 724 g/mol. The molecule has 0 amide bonds. The van der Waals surface area contributed by atoms with Crippen LogP contribution in [0, 0.1) is 0 Å². The van der Waals surface area contributed by atoms with E-state index in [0.717, 1.165) is 37.2 Å². The van der Waals surface area contributed by atoms with E-state index in [2.05, 4.69) is 81.4 Å². The molecule has 1 heterocycles. The van der Waals surface area contributed by atoms with Crippen molar-refractivity contribution >= 4 is 18.7 Å². The number of methoxy groups -OCH3 is 1. The Labute approximate surface area is 306 Å². The number of ether oxygens (including phenoxy) is 7. The molecule has 0 N–H and O–H groups in total. The summed E-state index contributed by atoms with van der Waals surface area (Å²) in [6, 6.07) is 23.5. The fraction of sp³-hybridized carbons (Fsp3) is 0.600. The van der Waals surface area contributed by atoms with Crippen LogP contribution in [0.3, 0.4) is 0 Å². The predicted octanol–water partition coefficient (Wildman–Crippen LogP) is 5.33. The lowest BCUT2D eigenvalue weighted by Gasteiger charge is -2.43. The van der Waals surface area contributed by atoms with Gasteiger partial charge in [-0.05, 0) is 47.2 Å². The first-order valence-corrected chi connectivity index (χ1v) is 20.4. The Kier molecular flexibility index (Phi) is 18.7. The molecule has 0 unspecified atom stereocenters. The zero-order chi connectivity index (χ0) is 36.0. The van der Waals surface area contributed by atoms with Gasteiger partial charge in [-0.2, -0.15) is 0 Å². The summed E-state index contributed by atoms with van der Waals surface area (Å²) in [6.07, 6.45) is 6.14. The summed E-state index contributed by atoms with van der Waals surface area (Å²) in [6.45, 7) is 14.0. The molecule has 0 spiro atoms. The van der Waals surface area contributed by atoms with Gasteiger partial charge in [0.05, 0.1) is 97.7 Å². The molecule has 282 valence electrons. The Morgan fingerprint density at radius 3 is 1.55 bits per heavy atom. The fourth-order valence-electron chi connectivity index (χ4n) is 6.52. The van der Waals surface area contributed by atoms with E-state index in [1.807, 2.05) is 12.3 Å². The largest absolute Gasteiger partial charge is 0.401 e. The van der Waals surface area contributed by atoms with E-state index in [-0.39, 0.29) is 11.1 Å². The zero-order valence-electron chi connectivity index (χ0n) is 31.3. The summed E-state index contributed by atoms with van der Waals surface area (Å²) in [5.41, 5.74) is 0.932. The molecule has 1 aliphatic rings. The number of hydrogen-bond donors (Lipinski definition) is 0. The third-order valence-corrected chi connectivity index (χ3v) is 14.1. The van der Waals surface area contributed by atoms with E-state index in [0.29, 0.717) is 91.8 Å². The standard InChI is InChI=1S/C40H60N2O8Si/c1-40(2,3)51(37-11-7-5-8-12-37,38-13-9-6-10-14-38)50-33-35-19-20-41-39(42-35)34-15-17-36(18-16-34)49-32-31-48-30-29-47-28-27-46-26-25-45-24-23-44-22-21-43-4/h5-14,19-20,34,36H,15-18,21-33H2,1-4H3. The van der Waals surface area contributed by atoms with Crippen LogP contribution in [0.5, 0.6) is 0 Å². The summed E-state index contributed by atoms with van der Waals surface area (Å²) in [4.78, 5) is 9.74. The van der Waals surface area contributed by atoms with Crippen LogP contribution >= 0.6 is 0 Å². The van der Waals surface area contributed by atoms with Crippen LogP contribution in [0.15, 0.2) is 72.9 Å². The van der Waals surface area contributed by atoms with Crippen molar-refractivity contribution in [1.82, 2.24) is 9.97 Å². The number of hydrogen-bond acceptors (Lipinski definition) is 10. The summed E-state index contributed by atoms with van der Waals surface area (Å²) in [5.74, 6) is 1.24. The highest BCUT2D eigenvalue weighted by molar-refractivity contribution is 6.99. The molecule has 0 saturated heterocycles. The maximum Gasteiger partial charge on any atom is 0.261 e. The normalized spacial score (nSPS) is 16.8. The number of nitrogens with zero attached hydrogens (tertiary/aromatic N) is 2. The van der Waals surface area contributed by atoms with Gasteiger partial charge in [0.2, 0.25) is 0 Å². The Morgan fingerprint density at radius 1 is 0.608 bits per heavy atom. The highest BCUT2D eigenvalue weighted by Crippen LogP contribution is 2.37. The van der Waals surface area contributed by atoms with Crippen molar-refractivity contribution in [3.05, 3.63) is 84.4 Å². The predicted molar refractivity (Wildman–Crippen MR) is 201 cm³/mol. The van der Waals surface area contributed by atoms with Gasteiger partial charge in [0, 0.05) is 19.2 Å². The number of rotatable bonds is 25. The molecule has 3 aromatic rings. The molecule has 10 nitrogen and oxygen atoms in total. The molecule has 0 bridgehead atoms. The second-order valence-electron chi connectivity index (χ2n) is 13.8. The van der Waals surface area contributed by atoms with Crippen molar-refractivity contribution in [1.29, 1.82) is 0 Å². The molecule has 1 saturated carbocycles. The maximum absolute atomic E-state index is 7.13. The molecule has 1 aliphatic carbocycles. The van der Waals surface area contributed by atoms with Crippen LogP contribution in [0.2, 0.25) is 5.04 Å². The first-order valence-electron chi connectivity index (χ1n) is 18.5. The second kappa shape index (κ2) is 23.2. The minimum Gasteiger partial charge on any atom is -0.401 e. The smallest absolute Gasteiger partial charge is 0.261 e. The minimum absolute atomic E-state index is 0.0877. The fourth-order valence-corrected chi connectivity index (χ4v) is 11.0. The molecule has 11 heteroatoms. The Bertz CT molecular complexity index is 1280. The highest BCUT2D eigenvalue weighted by atomic mass is 28.4. The molecular formula is C40H60N2O8Si. The van der Waals surface area contributed by atoms with E-state index < -0.39 is 8.32 Å². The molecule has 0 radical (unpaired) electrons. The van der Waals surface area contributed by atoms with Crippen molar-refractivity contribution in [2.24, 2.45) is 0 Å². The lowest BCUT2D eigenvalue weighted by molar-refractivity contribution is -0.0326. The van der Waals surface area contributed by atoms with Gasteiger partial charge in [0.15, 0.2) is 0 Å². The molecule has 4 rings (SSSR count). The van der Waals surface area contributed by atoms with Gasteiger partial charge >= 0.3 is 0 Å². The highest BCUT2D eigenvalue weighted by Gasteiger charge is 2.50. The summed E-state index contributed by atoms with van der Waals surface area (Å²) in [7, 11) is -0.992. The molecule has 1 fully saturated rings.